The first-order chi connectivity index (χ1) is 16.5. The third-order valence-electron chi connectivity index (χ3n) is 6.69. The highest BCUT2D eigenvalue weighted by atomic mass is 16.5. The van der Waals surface area contributed by atoms with Gasteiger partial charge >= 0.3 is 6.03 Å². The molecule has 7 heteroatoms. The lowest BCUT2D eigenvalue weighted by molar-refractivity contribution is 0.0877. The molecular formula is C27H30N4O3. The van der Waals surface area contributed by atoms with Crippen LogP contribution in [0.2, 0.25) is 0 Å². The third-order valence-corrected chi connectivity index (χ3v) is 6.69. The van der Waals surface area contributed by atoms with E-state index in [1.807, 2.05) is 38.1 Å². The molecule has 2 unspecified atom stereocenters. The average molecular weight is 459 g/mol. The first-order valence-electron chi connectivity index (χ1n) is 11.9. The predicted octanol–water partition coefficient (Wildman–Crippen LogP) is 5.28. The largest absolute Gasteiger partial charge is 0.376 e. The summed E-state index contributed by atoms with van der Waals surface area (Å²) in [7, 11) is 0. The van der Waals surface area contributed by atoms with E-state index in [9.17, 15) is 4.79 Å². The highest BCUT2D eigenvalue weighted by Gasteiger charge is 2.37. The lowest BCUT2D eigenvalue weighted by atomic mass is 9.93. The van der Waals surface area contributed by atoms with Gasteiger partial charge in [0, 0.05) is 17.9 Å². The van der Waals surface area contributed by atoms with Crippen LogP contribution in [0, 0.1) is 6.92 Å². The molecule has 7 nitrogen and oxygen atoms in total. The standard InChI is InChI=1S/C27H30N4O3/c1-4-19-9-13-20(14-10-19)24-23(18(3)31(27(32)28-24)16-22-6-5-15-33-22)26-29-25(30-34-26)21-11-7-17(2)8-12-21/h7-14,22,24H,4-6,15-16H2,1-3H3,(H,28,32). The smallest absolute Gasteiger partial charge is 0.322 e. The number of aromatic nitrogens is 2. The predicted molar refractivity (Wildman–Crippen MR) is 130 cm³/mol. The van der Waals surface area contributed by atoms with Crippen LogP contribution >= 0.6 is 0 Å². The van der Waals surface area contributed by atoms with Gasteiger partial charge in [-0.15, -0.1) is 0 Å². The van der Waals surface area contributed by atoms with Gasteiger partial charge in [-0.25, -0.2) is 4.79 Å². The van der Waals surface area contributed by atoms with Crippen molar-refractivity contribution in [2.24, 2.45) is 0 Å². The number of amides is 2. The fraction of sp³-hybridized carbons (Fsp3) is 0.370. The molecule has 0 aliphatic carbocycles. The summed E-state index contributed by atoms with van der Waals surface area (Å²) >= 11 is 0. The Morgan fingerprint density at radius 3 is 2.53 bits per heavy atom. The van der Waals surface area contributed by atoms with Crippen LogP contribution < -0.4 is 5.32 Å². The first-order valence-corrected chi connectivity index (χ1v) is 11.9. The number of ether oxygens (including phenoxy) is 1. The number of rotatable bonds is 6. The maximum Gasteiger partial charge on any atom is 0.322 e. The van der Waals surface area contributed by atoms with E-state index < -0.39 is 0 Å². The molecule has 1 fully saturated rings. The van der Waals surface area contributed by atoms with Crippen molar-refractivity contribution in [3.05, 3.63) is 76.8 Å². The molecule has 5 rings (SSSR count). The van der Waals surface area contributed by atoms with Gasteiger partial charge in [0.25, 0.3) is 5.89 Å². The Morgan fingerprint density at radius 1 is 1.09 bits per heavy atom. The van der Waals surface area contributed by atoms with Crippen LogP contribution in [0.15, 0.2) is 58.8 Å². The average Bonchev–Trinajstić information content (AvgIpc) is 3.54. The molecular weight excluding hydrogens is 428 g/mol. The molecule has 1 aromatic heterocycles. The van der Waals surface area contributed by atoms with E-state index in [2.05, 4.69) is 41.7 Å². The maximum atomic E-state index is 13.2. The quantitative estimate of drug-likeness (QED) is 0.543. The number of urea groups is 1. The SMILES string of the molecule is CCc1ccc(C2NC(=O)N(CC3CCCO3)C(C)=C2c2nc(-c3ccc(C)cc3)no2)cc1. The zero-order valence-corrected chi connectivity index (χ0v) is 19.9. The van der Waals surface area contributed by atoms with Crippen molar-refractivity contribution in [3.8, 4) is 11.4 Å². The number of allylic oxidation sites excluding steroid dienone is 1. The number of hydrogen-bond donors (Lipinski definition) is 1. The second kappa shape index (κ2) is 9.43. The van der Waals surface area contributed by atoms with E-state index in [4.69, 9.17) is 14.2 Å². The second-order valence-corrected chi connectivity index (χ2v) is 9.01. The van der Waals surface area contributed by atoms with Crippen molar-refractivity contribution in [1.29, 1.82) is 0 Å². The van der Waals surface area contributed by atoms with E-state index in [0.29, 0.717) is 18.3 Å². The van der Waals surface area contributed by atoms with Crippen molar-refractivity contribution in [2.75, 3.05) is 13.2 Å². The molecule has 2 aromatic carbocycles. The number of nitrogens with one attached hydrogen (secondary N) is 1. The van der Waals surface area contributed by atoms with Gasteiger partial charge < -0.3 is 14.6 Å². The van der Waals surface area contributed by atoms with Crippen molar-refractivity contribution < 1.29 is 14.1 Å². The van der Waals surface area contributed by atoms with Gasteiger partial charge in [-0.3, -0.25) is 4.90 Å². The minimum Gasteiger partial charge on any atom is -0.376 e. The molecule has 0 saturated carbocycles. The Kier molecular flexibility index (Phi) is 6.20. The molecule has 2 amide bonds. The van der Waals surface area contributed by atoms with Gasteiger partial charge in [0.15, 0.2) is 0 Å². The number of benzene rings is 2. The second-order valence-electron chi connectivity index (χ2n) is 9.01. The van der Waals surface area contributed by atoms with Crippen LogP contribution in [-0.2, 0) is 11.2 Å². The van der Waals surface area contributed by atoms with E-state index >= 15 is 0 Å². The van der Waals surface area contributed by atoms with Gasteiger partial charge in [-0.05, 0) is 44.2 Å². The summed E-state index contributed by atoms with van der Waals surface area (Å²) in [5.74, 6) is 0.938. The Balaban J connectivity index is 1.55. The van der Waals surface area contributed by atoms with E-state index in [-0.39, 0.29) is 18.2 Å². The highest BCUT2D eigenvalue weighted by Crippen LogP contribution is 2.38. The van der Waals surface area contributed by atoms with Gasteiger partial charge in [-0.1, -0.05) is 66.2 Å². The minimum atomic E-state index is -0.384. The lowest BCUT2D eigenvalue weighted by Gasteiger charge is -2.36. The third kappa shape index (κ3) is 4.35. The van der Waals surface area contributed by atoms with Crippen LogP contribution in [0.1, 0.15) is 55.3 Å². The van der Waals surface area contributed by atoms with Crippen molar-refractivity contribution in [2.45, 2.75) is 52.2 Å². The molecule has 3 heterocycles. The highest BCUT2D eigenvalue weighted by molar-refractivity contribution is 5.87. The number of carbonyl (C=O) groups excluding carboxylic acids is 1. The van der Waals surface area contributed by atoms with Crippen LogP contribution in [-0.4, -0.2) is 40.3 Å². The number of nitrogens with zero attached hydrogens (tertiary/aromatic N) is 3. The molecule has 1 saturated heterocycles. The fourth-order valence-electron chi connectivity index (χ4n) is 4.62. The molecule has 34 heavy (non-hydrogen) atoms. The van der Waals surface area contributed by atoms with Gasteiger partial charge in [-0.2, -0.15) is 4.98 Å². The summed E-state index contributed by atoms with van der Waals surface area (Å²) in [6.45, 7) is 7.36. The monoisotopic (exact) mass is 458 g/mol. The summed E-state index contributed by atoms with van der Waals surface area (Å²) in [5.41, 5.74) is 5.90. The van der Waals surface area contributed by atoms with E-state index in [1.165, 1.54) is 11.1 Å². The summed E-state index contributed by atoms with van der Waals surface area (Å²) in [4.78, 5) is 19.7. The number of hydrogen-bond acceptors (Lipinski definition) is 5. The molecule has 2 aliphatic heterocycles. The molecule has 0 spiro atoms. The summed E-state index contributed by atoms with van der Waals surface area (Å²) < 4.78 is 11.6. The Bertz CT molecular complexity index is 1190. The summed E-state index contributed by atoms with van der Waals surface area (Å²) in [5, 5.41) is 7.43. The summed E-state index contributed by atoms with van der Waals surface area (Å²) in [6, 6.07) is 15.8. The molecule has 0 radical (unpaired) electrons. The van der Waals surface area contributed by atoms with Crippen molar-refractivity contribution >= 4 is 11.6 Å². The first kappa shape index (κ1) is 22.3. The van der Waals surface area contributed by atoms with Crippen molar-refractivity contribution in [1.82, 2.24) is 20.4 Å². The van der Waals surface area contributed by atoms with Gasteiger partial charge in [0.1, 0.15) is 0 Å². The Hall–Kier alpha value is -3.45. The zero-order valence-electron chi connectivity index (χ0n) is 19.9. The molecule has 3 aromatic rings. The molecule has 2 atom stereocenters. The number of carbonyl (C=O) groups is 1. The van der Waals surface area contributed by atoms with Crippen LogP contribution in [0.4, 0.5) is 4.79 Å². The molecule has 2 aliphatic rings. The Labute approximate surface area is 199 Å². The topological polar surface area (TPSA) is 80.5 Å². The fourth-order valence-corrected chi connectivity index (χ4v) is 4.62. The van der Waals surface area contributed by atoms with Crippen LogP contribution in [0.3, 0.4) is 0 Å². The van der Waals surface area contributed by atoms with Crippen LogP contribution in [0.5, 0.6) is 0 Å². The summed E-state index contributed by atoms with van der Waals surface area (Å²) in [6.07, 6.45) is 2.96. The normalized spacial score (nSPS) is 20.7. The molecule has 0 bridgehead atoms. The lowest BCUT2D eigenvalue weighted by Crippen LogP contribution is -2.48. The van der Waals surface area contributed by atoms with Gasteiger partial charge in [0.2, 0.25) is 5.82 Å². The van der Waals surface area contributed by atoms with E-state index in [1.54, 1.807) is 4.90 Å². The van der Waals surface area contributed by atoms with Gasteiger partial charge in [0.05, 0.1) is 24.3 Å². The van der Waals surface area contributed by atoms with E-state index in [0.717, 1.165) is 48.3 Å². The van der Waals surface area contributed by atoms with Crippen LogP contribution in [0.25, 0.3) is 17.0 Å². The zero-order chi connectivity index (χ0) is 23.7. The molecule has 1 N–H and O–H groups in total. The minimum absolute atomic E-state index is 0.0353. The Morgan fingerprint density at radius 2 is 1.85 bits per heavy atom. The maximum absolute atomic E-state index is 13.2. The van der Waals surface area contributed by atoms with Crippen molar-refractivity contribution in [3.63, 3.8) is 0 Å². The molecule has 176 valence electrons. The number of aryl methyl sites for hydroxylation is 2.